The summed E-state index contributed by atoms with van der Waals surface area (Å²) in [6.07, 6.45) is 8.46. The molecule has 1 fully saturated rings. The lowest BCUT2D eigenvalue weighted by atomic mass is 9.92. The maximum absolute atomic E-state index is 12.4. The molecule has 1 N–H and O–H groups in total. The Labute approximate surface area is 186 Å². The van der Waals surface area contributed by atoms with Crippen molar-refractivity contribution in [2.24, 2.45) is 0 Å². The van der Waals surface area contributed by atoms with Gasteiger partial charge in [-0.1, -0.05) is 24.4 Å². The zero-order chi connectivity index (χ0) is 21.8. The van der Waals surface area contributed by atoms with E-state index in [0.717, 1.165) is 51.8 Å². The number of benzene rings is 1. The van der Waals surface area contributed by atoms with Gasteiger partial charge in [-0.3, -0.25) is 0 Å². The van der Waals surface area contributed by atoms with Crippen molar-refractivity contribution in [3.8, 4) is 5.75 Å². The number of amides is 1. The average Bonchev–Trinajstić information content (AvgIpc) is 2.74. The first-order valence-corrected chi connectivity index (χ1v) is 11.5. The van der Waals surface area contributed by atoms with Gasteiger partial charge in [-0.25, -0.2) is 4.79 Å². The number of nitrogens with zero attached hydrogens (tertiary/aromatic N) is 2. The van der Waals surface area contributed by atoms with E-state index in [-0.39, 0.29) is 18.7 Å². The lowest BCUT2D eigenvalue weighted by Crippen LogP contribution is -2.42. The molecule has 1 amide bonds. The maximum Gasteiger partial charge on any atom is 0.415 e. The van der Waals surface area contributed by atoms with Crippen LogP contribution in [0.25, 0.3) is 0 Å². The third kappa shape index (κ3) is 9.21. The fourth-order valence-corrected chi connectivity index (χ4v) is 3.92. The van der Waals surface area contributed by atoms with Gasteiger partial charge >= 0.3 is 6.09 Å². The van der Waals surface area contributed by atoms with E-state index in [0.29, 0.717) is 16.9 Å². The summed E-state index contributed by atoms with van der Waals surface area (Å²) >= 11 is 5.86. The van der Waals surface area contributed by atoms with Gasteiger partial charge in [0.05, 0.1) is 12.7 Å². The number of carbonyl (C=O) groups excluding carboxylic acids is 1. The van der Waals surface area contributed by atoms with Gasteiger partial charge in [0.25, 0.3) is 0 Å². The molecule has 1 saturated carbocycles. The van der Waals surface area contributed by atoms with Crippen LogP contribution < -0.4 is 4.74 Å². The minimum absolute atomic E-state index is 0.195. The molecule has 30 heavy (non-hydrogen) atoms. The first-order chi connectivity index (χ1) is 14.5. The van der Waals surface area contributed by atoms with E-state index in [1.807, 2.05) is 14.1 Å². The van der Waals surface area contributed by atoms with E-state index in [1.54, 1.807) is 29.2 Å². The topological polar surface area (TPSA) is 62.2 Å². The highest BCUT2D eigenvalue weighted by molar-refractivity contribution is 6.30. The van der Waals surface area contributed by atoms with E-state index in [1.165, 1.54) is 19.3 Å². The van der Waals surface area contributed by atoms with Gasteiger partial charge in [0, 0.05) is 31.3 Å². The van der Waals surface area contributed by atoms with Crippen LogP contribution >= 0.6 is 11.6 Å². The predicted molar refractivity (Wildman–Crippen MR) is 120 cm³/mol. The Balaban J connectivity index is 1.55. The molecule has 0 saturated heterocycles. The van der Waals surface area contributed by atoms with E-state index in [9.17, 15) is 4.79 Å². The normalized spacial score (nSPS) is 19.1. The molecule has 1 aromatic rings. The molecule has 1 aromatic carbocycles. The molecule has 0 radical (unpaired) electrons. The lowest BCUT2D eigenvalue weighted by Gasteiger charge is -2.34. The summed E-state index contributed by atoms with van der Waals surface area (Å²) in [5.41, 5.74) is 0. The first-order valence-electron chi connectivity index (χ1n) is 11.1. The van der Waals surface area contributed by atoms with Crippen LogP contribution in [-0.4, -0.2) is 73.5 Å². The zero-order valence-electron chi connectivity index (χ0n) is 18.4. The monoisotopic (exact) mass is 440 g/mol. The number of rotatable bonds is 12. The van der Waals surface area contributed by atoms with Crippen LogP contribution in [0.15, 0.2) is 24.3 Å². The number of carbonyl (C=O) groups is 1. The Morgan fingerprint density at radius 3 is 2.37 bits per heavy atom. The van der Waals surface area contributed by atoms with Crippen LogP contribution in [0.1, 0.15) is 51.4 Å². The number of halogens is 1. The number of aliphatic hydroxyl groups is 1. The largest absolute Gasteiger partial charge is 0.415 e. The van der Waals surface area contributed by atoms with Gasteiger partial charge in [-0.15, -0.1) is 0 Å². The van der Waals surface area contributed by atoms with Crippen molar-refractivity contribution in [2.75, 3.05) is 40.4 Å². The van der Waals surface area contributed by atoms with Gasteiger partial charge in [-0.05, 0) is 76.4 Å². The zero-order valence-corrected chi connectivity index (χ0v) is 19.1. The molecule has 0 heterocycles. The number of hydrogen-bond donors (Lipinski definition) is 1. The van der Waals surface area contributed by atoms with Gasteiger partial charge in [0.2, 0.25) is 0 Å². The van der Waals surface area contributed by atoms with Crippen molar-refractivity contribution in [1.82, 2.24) is 9.80 Å². The van der Waals surface area contributed by atoms with Crippen LogP contribution in [0.5, 0.6) is 5.75 Å². The number of unbranched alkanes of at least 4 members (excludes halogenated alkanes) is 3. The molecule has 7 heteroatoms. The smallest absolute Gasteiger partial charge is 0.410 e. The second-order valence-corrected chi connectivity index (χ2v) is 8.61. The van der Waals surface area contributed by atoms with Crippen LogP contribution in [0.2, 0.25) is 5.02 Å². The first kappa shape index (κ1) is 24.9. The number of aliphatic hydroxyl groups excluding tert-OH is 1. The summed E-state index contributed by atoms with van der Waals surface area (Å²) in [5.74, 6) is 0.508. The highest BCUT2D eigenvalue weighted by Gasteiger charge is 2.27. The van der Waals surface area contributed by atoms with Crippen LogP contribution in [-0.2, 0) is 4.74 Å². The second kappa shape index (κ2) is 13.9. The SMILES string of the molecule is CN(CCO)CCCCCCO[C@H]1CC[C@H](N(C)C(=O)Oc2ccc(Cl)cc2)CC1. The number of hydrogen-bond acceptors (Lipinski definition) is 5. The highest BCUT2D eigenvalue weighted by atomic mass is 35.5. The van der Waals surface area contributed by atoms with Crippen LogP contribution in [0.4, 0.5) is 4.79 Å². The predicted octanol–water partition coefficient (Wildman–Crippen LogP) is 4.58. The van der Waals surface area contributed by atoms with Crippen molar-refractivity contribution in [1.29, 1.82) is 0 Å². The Morgan fingerprint density at radius 2 is 1.70 bits per heavy atom. The fourth-order valence-electron chi connectivity index (χ4n) is 3.79. The van der Waals surface area contributed by atoms with Crippen molar-refractivity contribution in [2.45, 2.75) is 63.5 Å². The molecule has 170 valence electrons. The summed E-state index contributed by atoms with van der Waals surface area (Å²) in [5, 5.41) is 9.51. The molecular formula is C23H37ClN2O4. The Kier molecular flexibility index (Phi) is 11.5. The fraction of sp³-hybridized carbons (Fsp3) is 0.696. The molecule has 1 aliphatic carbocycles. The van der Waals surface area contributed by atoms with Crippen LogP contribution in [0, 0.1) is 0 Å². The molecule has 2 rings (SSSR count). The van der Waals surface area contributed by atoms with E-state index in [2.05, 4.69) is 4.90 Å². The third-order valence-electron chi connectivity index (χ3n) is 5.77. The van der Waals surface area contributed by atoms with Crippen molar-refractivity contribution >= 4 is 17.7 Å². The van der Waals surface area contributed by atoms with Crippen molar-refractivity contribution in [3.63, 3.8) is 0 Å². The van der Waals surface area contributed by atoms with E-state index < -0.39 is 0 Å². The Bertz CT molecular complexity index is 606. The number of likely N-dealkylation sites (N-methyl/N-ethyl adjacent to an activating group) is 1. The van der Waals surface area contributed by atoms with Gasteiger partial charge in [0.15, 0.2) is 0 Å². The highest BCUT2D eigenvalue weighted by Crippen LogP contribution is 2.26. The molecular weight excluding hydrogens is 404 g/mol. The molecule has 6 nitrogen and oxygen atoms in total. The van der Waals surface area contributed by atoms with E-state index in [4.69, 9.17) is 26.2 Å². The summed E-state index contributed by atoms with van der Waals surface area (Å²) in [6.45, 7) is 2.83. The van der Waals surface area contributed by atoms with Gasteiger partial charge in [0.1, 0.15) is 5.75 Å². The molecule has 0 atom stereocenters. The molecule has 0 unspecified atom stereocenters. The van der Waals surface area contributed by atoms with Gasteiger partial charge in [-0.2, -0.15) is 0 Å². The standard InChI is InChI=1S/C23H37ClN2O4/c1-25(16-17-27)15-5-3-4-6-18-29-21-13-9-20(10-14-21)26(2)23(28)30-22-11-7-19(24)8-12-22/h7-8,11-12,20-21,27H,3-6,9-10,13-18H2,1-2H3/t20-,21-. The number of ether oxygens (including phenoxy) is 2. The molecule has 0 spiro atoms. The minimum atomic E-state index is -0.327. The van der Waals surface area contributed by atoms with E-state index >= 15 is 0 Å². The van der Waals surface area contributed by atoms with Crippen LogP contribution in [0.3, 0.4) is 0 Å². The minimum Gasteiger partial charge on any atom is -0.410 e. The molecule has 0 bridgehead atoms. The van der Waals surface area contributed by atoms with Crippen molar-refractivity contribution in [3.05, 3.63) is 29.3 Å². The van der Waals surface area contributed by atoms with Gasteiger partial charge < -0.3 is 24.4 Å². The second-order valence-electron chi connectivity index (χ2n) is 8.18. The third-order valence-corrected chi connectivity index (χ3v) is 6.02. The summed E-state index contributed by atoms with van der Waals surface area (Å²) in [6, 6.07) is 7.02. The van der Waals surface area contributed by atoms with Crippen molar-refractivity contribution < 1.29 is 19.4 Å². The molecule has 0 aliphatic heterocycles. The lowest BCUT2D eigenvalue weighted by molar-refractivity contribution is 0.0104. The summed E-state index contributed by atoms with van der Waals surface area (Å²) in [4.78, 5) is 16.2. The molecule has 0 aromatic heterocycles. The molecule has 1 aliphatic rings. The quantitative estimate of drug-likeness (QED) is 0.482. The summed E-state index contributed by atoms with van der Waals surface area (Å²) < 4.78 is 11.5. The Morgan fingerprint density at radius 1 is 1.03 bits per heavy atom. The average molecular weight is 441 g/mol. The Hall–Kier alpha value is -1.34. The summed E-state index contributed by atoms with van der Waals surface area (Å²) in [7, 11) is 3.85. The maximum atomic E-state index is 12.4.